The van der Waals surface area contributed by atoms with E-state index in [4.69, 9.17) is 13.7 Å². The molecule has 0 aromatic heterocycles. The minimum atomic E-state index is -3.85. The first kappa shape index (κ1) is 16.5. The van der Waals surface area contributed by atoms with Gasteiger partial charge in [-0.25, -0.2) is 0 Å². The summed E-state index contributed by atoms with van der Waals surface area (Å²) < 4.78 is 40.5. The minimum Gasteiger partial charge on any atom is -0.486 e. The van der Waals surface area contributed by atoms with Crippen molar-refractivity contribution in [1.29, 1.82) is 0 Å². The van der Waals surface area contributed by atoms with E-state index in [1.54, 1.807) is 30.3 Å². The summed E-state index contributed by atoms with van der Waals surface area (Å²) in [6, 6.07) is 11.2. The summed E-state index contributed by atoms with van der Waals surface area (Å²) in [5, 5.41) is 0. The molecule has 6 nitrogen and oxygen atoms in total. The number of carbonyl (C=O) groups is 1. The lowest BCUT2D eigenvalue weighted by Crippen LogP contribution is -2.34. The molecule has 2 aromatic rings. The largest absolute Gasteiger partial charge is 0.486 e. The van der Waals surface area contributed by atoms with Crippen molar-refractivity contribution in [3.05, 3.63) is 53.6 Å². The van der Waals surface area contributed by atoms with E-state index < -0.39 is 16.2 Å². The van der Waals surface area contributed by atoms with Crippen LogP contribution in [0.3, 0.4) is 0 Å². The van der Waals surface area contributed by atoms with Crippen molar-refractivity contribution < 1.29 is 26.9 Å². The van der Waals surface area contributed by atoms with Crippen LogP contribution in [0.5, 0.6) is 11.5 Å². The highest BCUT2D eigenvalue weighted by molar-refractivity contribution is 7.86. The third kappa shape index (κ3) is 3.58. The Morgan fingerprint density at radius 2 is 1.92 bits per heavy atom. The molecule has 1 unspecified atom stereocenters. The lowest BCUT2D eigenvalue weighted by Gasteiger charge is -2.26. The van der Waals surface area contributed by atoms with E-state index in [-0.39, 0.29) is 18.1 Å². The van der Waals surface area contributed by atoms with Crippen molar-refractivity contribution in [2.45, 2.75) is 17.9 Å². The van der Waals surface area contributed by atoms with Crippen LogP contribution in [-0.4, -0.2) is 34.0 Å². The van der Waals surface area contributed by atoms with Crippen molar-refractivity contribution in [1.82, 2.24) is 0 Å². The Morgan fingerprint density at radius 1 is 1.17 bits per heavy atom. The molecule has 0 bridgehead atoms. The predicted molar refractivity (Wildman–Crippen MR) is 86.1 cm³/mol. The molecule has 1 heterocycles. The first-order valence-electron chi connectivity index (χ1n) is 7.33. The maximum absolute atomic E-state index is 12.2. The zero-order chi connectivity index (χ0) is 17.2. The standard InChI is InChI=1S/C17H16O6S/c1-12-2-5-15(6-3-12)24(19,20)22-11-14-10-21-17-8-13(9-18)4-7-16(17)23-14/h2-9,14H,10-11H2,1H3. The fourth-order valence-electron chi connectivity index (χ4n) is 2.23. The Morgan fingerprint density at radius 3 is 2.62 bits per heavy atom. The summed E-state index contributed by atoms with van der Waals surface area (Å²) in [4.78, 5) is 10.8. The summed E-state index contributed by atoms with van der Waals surface area (Å²) in [7, 11) is -3.85. The van der Waals surface area contributed by atoms with Crippen molar-refractivity contribution >= 4 is 16.4 Å². The van der Waals surface area contributed by atoms with Crippen LogP contribution in [-0.2, 0) is 14.3 Å². The highest BCUT2D eigenvalue weighted by Gasteiger charge is 2.25. The maximum Gasteiger partial charge on any atom is 0.297 e. The van der Waals surface area contributed by atoms with Gasteiger partial charge < -0.3 is 9.47 Å². The van der Waals surface area contributed by atoms with Crippen molar-refractivity contribution in [2.75, 3.05) is 13.2 Å². The molecule has 0 aliphatic carbocycles. The normalized spacial score (nSPS) is 16.6. The molecule has 0 spiro atoms. The van der Waals surface area contributed by atoms with E-state index in [0.29, 0.717) is 23.3 Å². The Kier molecular flexibility index (Phi) is 4.55. The van der Waals surface area contributed by atoms with Gasteiger partial charge in [0.15, 0.2) is 17.6 Å². The summed E-state index contributed by atoms with van der Waals surface area (Å²) in [5.74, 6) is 0.908. The average Bonchev–Trinajstić information content (AvgIpc) is 2.60. The number of aryl methyl sites for hydroxylation is 1. The van der Waals surface area contributed by atoms with Crippen molar-refractivity contribution in [3.8, 4) is 11.5 Å². The molecule has 0 fully saturated rings. The Balaban J connectivity index is 1.65. The van der Waals surface area contributed by atoms with E-state index in [1.807, 2.05) is 6.92 Å². The van der Waals surface area contributed by atoms with Crippen LogP contribution in [0.4, 0.5) is 0 Å². The smallest absolute Gasteiger partial charge is 0.297 e. The van der Waals surface area contributed by atoms with Gasteiger partial charge >= 0.3 is 0 Å². The van der Waals surface area contributed by atoms with Gasteiger partial charge in [-0.05, 0) is 37.3 Å². The van der Waals surface area contributed by atoms with Gasteiger partial charge in [0, 0.05) is 5.56 Å². The van der Waals surface area contributed by atoms with E-state index in [1.165, 1.54) is 12.1 Å². The van der Waals surface area contributed by atoms with E-state index in [0.717, 1.165) is 5.56 Å². The second kappa shape index (κ2) is 6.62. The molecule has 0 radical (unpaired) electrons. The zero-order valence-corrected chi connectivity index (χ0v) is 13.8. The minimum absolute atomic E-state index is 0.0980. The van der Waals surface area contributed by atoms with Gasteiger partial charge in [0.25, 0.3) is 10.1 Å². The lowest BCUT2D eigenvalue weighted by molar-refractivity contribution is 0.0554. The molecule has 0 saturated carbocycles. The van der Waals surface area contributed by atoms with Gasteiger partial charge in [-0.2, -0.15) is 8.42 Å². The fraction of sp³-hybridized carbons (Fsp3) is 0.235. The average molecular weight is 348 g/mol. The Bertz CT molecular complexity index is 842. The van der Waals surface area contributed by atoms with Gasteiger partial charge in [-0.1, -0.05) is 17.7 Å². The van der Waals surface area contributed by atoms with Gasteiger partial charge in [0.2, 0.25) is 0 Å². The van der Waals surface area contributed by atoms with E-state index in [2.05, 4.69) is 0 Å². The Hall–Kier alpha value is -2.38. The molecule has 0 N–H and O–H groups in total. The second-order valence-corrected chi connectivity index (χ2v) is 7.04. The van der Waals surface area contributed by atoms with Crippen LogP contribution in [0.25, 0.3) is 0 Å². The van der Waals surface area contributed by atoms with Crippen molar-refractivity contribution in [3.63, 3.8) is 0 Å². The quantitative estimate of drug-likeness (QED) is 0.610. The molecule has 0 saturated heterocycles. The zero-order valence-electron chi connectivity index (χ0n) is 13.0. The van der Waals surface area contributed by atoms with Crippen LogP contribution >= 0.6 is 0 Å². The molecule has 1 aliphatic heterocycles. The highest BCUT2D eigenvalue weighted by Crippen LogP contribution is 2.32. The first-order valence-corrected chi connectivity index (χ1v) is 8.73. The number of fused-ring (bicyclic) bond motifs is 1. The second-order valence-electron chi connectivity index (χ2n) is 5.43. The molecule has 1 aliphatic rings. The summed E-state index contributed by atoms with van der Waals surface area (Å²) in [6.07, 6.45) is 0.160. The van der Waals surface area contributed by atoms with E-state index in [9.17, 15) is 13.2 Å². The topological polar surface area (TPSA) is 78.9 Å². The maximum atomic E-state index is 12.2. The number of rotatable bonds is 5. The first-order chi connectivity index (χ1) is 11.5. The molecular weight excluding hydrogens is 332 g/mol. The highest BCUT2D eigenvalue weighted by atomic mass is 32.2. The molecule has 3 rings (SSSR count). The number of benzene rings is 2. The molecular formula is C17H16O6S. The predicted octanol–water partition coefficient (Wildman–Crippen LogP) is 2.35. The number of hydrogen-bond acceptors (Lipinski definition) is 6. The van der Waals surface area contributed by atoms with Gasteiger partial charge in [0.05, 0.1) is 4.90 Å². The lowest BCUT2D eigenvalue weighted by atomic mass is 10.2. The summed E-state index contributed by atoms with van der Waals surface area (Å²) in [5.41, 5.74) is 1.44. The van der Waals surface area contributed by atoms with Crippen LogP contribution in [0.15, 0.2) is 47.4 Å². The van der Waals surface area contributed by atoms with Gasteiger partial charge in [-0.3, -0.25) is 8.98 Å². The molecule has 24 heavy (non-hydrogen) atoms. The monoisotopic (exact) mass is 348 g/mol. The SMILES string of the molecule is Cc1ccc(S(=O)(=O)OCC2COc3cc(C=O)ccc3O2)cc1. The fourth-order valence-corrected chi connectivity index (χ4v) is 3.16. The molecule has 7 heteroatoms. The molecule has 2 aromatic carbocycles. The van der Waals surface area contributed by atoms with Crippen LogP contribution in [0, 0.1) is 6.92 Å². The van der Waals surface area contributed by atoms with Crippen molar-refractivity contribution in [2.24, 2.45) is 0 Å². The summed E-state index contributed by atoms with van der Waals surface area (Å²) >= 11 is 0. The van der Waals surface area contributed by atoms with Gasteiger partial charge in [0.1, 0.15) is 19.5 Å². The molecule has 126 valence electrons. The van der Waals surface area contributed by atoms with Crippen LogP contribution < -0.4 is 9.47 Å². The number of aldehydes is 1. The number of carbonyl (C=O) groups excluding carboxylic acids is 1. The van der Waals surface area contributed by atoms with E-state index >= 15 is 0 Å². The number of hydrogen-bond donors (Lipinski definition) is 0. The van der Waals surface area contributed by atoms with Crippen LogP contribution in [0.1, 0.15) is 15.9 Å². The summed E-state index contributed by atoms with van der Waals surface area (Å²) in [6.45, 7) is 1.85. The number of ether oxygens (including phenoxy) is 2. The Labute approximate surface area is 140 Å². The third-order valence-corrected chi connectivity index (χ3v) is 4.84. The van der Waals surface area contributed by atoms with Gasteiger partial charge in [-0.15, -0.1) is 0 Å². The molecule has 0 amide bonds. The third-order valence-electron chi connectivity index (χ3n) is 3.54. The molecule has 1 atom stereocenters. The van der Waals surface area contributed by atoms with Crippen LogP contribution in [0.2, 0.25) is 0 Å².